The first-order valence-electron chi connectivity index (χ1n) is 5.39. The van der Waals surface area contributed by atoms with Gasteiger partial charge in [-0.1, -0.05) is 0 Å². The first-order chi connectivity index (χ1) is 8.74. The Balaban J connectivity index is 2.20. The second-order valence-corrected chi connectivity index (χ2v) is 12.9. The Kier molecular flexibility index (Phi) is 5.11. The molecule has 0 atom stereocenters. The van der Waals surface area contributed by atoms with Crippen LogP contribution in [0.25, 0.3) is 0 Å². The summed E-state index contributed by atoms with van der Waals surface area (Å²) in [6.07, 6.45) is 0. The van der Waals surface area contributed by atoms with E-state index in [2.05, 4.69) is 42.9 Å². The van der Waals surface area contributed by atoms with Crippen molar-refractivity contribution in [3.05, 3.63) is 55.7 Å². The van der Waals surface area contributed by atoms with Crippen LogP contribution in [0, 0.1) is 7.14 Å². The van der Waals surface area contributed by atoms with Crippen molar-refractivity contribution < 1.29 is 9.47 Å². The van der Waals surface area contributed by atoms with Crippen LogP contribution in [0.5, 0.6) is 11.5 Å². The fraction of sp³-hybridized carbons (Fsp3) is 0.143. The van der Waals surface area contributed by atoms with Crippen LogP contribution in [0.2, 0.25) is 0 Å². The molecule has 0 N–H and O–H groups in total. The zero-order valence-electron chi connectivity index (χ0n) is 10.2. The molecule has 2 aromatic carbocycles. The van der Waals surface area contributed by atoms with Crippen LogP contribution in [0.15, 0.2) is 48.5 Å². The maximum absolute atomic E-state index is 5.18. The molecule has 0 saturated heterocycles. The second-order valence-electron chi connectivity index (χ2n) is 3.55. The van der Waals surface area contributed by atoms with Crippen LogP contribution >= 0.6 is 34.5 Å². The first kappa shape index (κ1) is 13.9. The molecule has 0 unspecified atom stereocenters. The molecule has 0 fully saturated rings. The minimum absolute atomic E-state index is 0.911. The van der Waals surface area contributed by atoms with E-state index in [4.69, 9.17) is 9.47 Å². The quantitative estimate of drug-likeness (QED) is 0.612. The normalized spacial score (nSPS) is 10.9. The molecular weight excluding hydrogens is 454 g/mol. The number of hydrogen-bond acceptors (Lipinski definition) is 2. The van der Waals surface area contributed by atoms with E-state index in [-0.39, 0.29) is 0 Å². The summed E-state index contributed by atoms with van der Waals surface area (Å²) in [5.41, 5.74) is 0. The van der Waals surface area contributed by atoms with Crippen LogP contribution in [-0.2, 0) is 0 Å². The number of benzene rings is 2. The molecule has 0 heterocycles. The van der Waals surface area contributed by atoms with E-state index in [0.29, 0.717) is 0 Å². The molecule has 4 heteroatoms. The molecule has 0 amide bonds. The topological polar surface area (TPSA) is 18.5 Å². The van der Waals surface area contributed by atoms with Gasteiger partial charge < -0.3 is 0 Å². The van der Waals surface area contributed by atoms with Crippen molar-refractivity contribution in [2.75, 3.05) is 14.2 Å². The van der Waals surface area contributed by atoms with Crippen LogP contribution in [0.3, 0.4) is 0 Å². The third-order valence-electron chi connectivity index (χ3n) is 2.48. The van der Waals surface area contributed by atoms with E-state index in [0.717, 1.165) is 11.5 Å². The summed E-state index contributed by atoms with van der Waals surface area (Å²) in [7, 11) is 3.39. The van der Waals surface area contributed by atoms with Gasteiger partial charge in [-0.2, -0.15) is 0 Å². The van der Waals surface area contributed by atoms with Crippen LogP contribution in [0.1, 0.15) is 0 Å². The molecule has 18 heavy (non-hydrogen) atoms. The Morgan fingerprint density at radius 3 is 1.33 bits per heavy atom. The molecular formula is C14H14I2O2. The molecule has 0 aromatic heterocycles. The van der Waals surface area contributed by atoms with Crippen molar-refractivity contribution >= 4 is 34.5 Å². The molecule has 0 spiro atoms. The zero-order valence-corrected chi connectivity index (χ0v) is 14.5. The van der Waals surface area contributed by atoms with Gasteiger partial charge in [-0.3, -0.25) is 0 Å². The van der Waals surface area contributed by atoms with Gasteiger partial charge in [0.15, 0.2) is 0 Å². The third kappa shape index (κ3) is 3.28. The average molecular weight is 468 g/mol. The van der Waals surface area contributed by atoms with Gasteiger partial charge in [0.2, 0.25) is 0 Å². The Bertz CT molecular complexity index is 447. The van der Waals surface area contributed by atoms with Gasteiger partial charge in [-0.15, -0.1) is 0 Å². The summed E-state index contributed by atoms with van der Waals surface area (Å²) in [5.74, 6) is 1.82. The second kappa shape index (κ2) is 6.60. The first-order valence-corrected chi connectivity index (χ1v) is 13.8. The van der Waals surface area contributed by atoms with Crippen molar-refractivity contribution in [3.63, 3.8) is 0 Å². The fourth-order valence-electron chi connectivity index (χ4n) is 1.49. The van der Waals surface area contributed by atoms with Crippen molar-refractivity contribution in [3.8, 4) is 11.5 Å². The van der Waals surface area contributed by atoms with E-state index in [1.165, 1.54) is 7.14 Å². The Hall–Kier alpha value is -0.500. The molecule has 0 aliphatic carbocycles. The molecule has 96 valence electrons. The van der Waals surface area contributed by atoms with Crippen molar-refractivity contribution in [2.45, 2.75) is 0 Å². The van der Waals surface area contributed by atoms with E-state index in [9.17, 15) is 0 Å². The minimum atomic E-state index is -1.31. The summed E-state index contributed by atoms with van der Waals surface area (Å²) in [6, 6.07) is 16.8. The number of halogens is 2. The standard InChI is InChI=1S/C14H14I2O2/c1-17-13-7-3-11(4-8-13)16(15)12-5-9-14(18-2)10-6-12/h3-10H,1-2H3. The average Bonchev–Trinajstić information content (AvgIpc) is 2.47. The Morgan fingerprint density at radius 2 is 1.06 bits per heavy atom. The summed E-state index contributed by atoms with van der Waals surface area (Å²) >= 11 is 1.29. The number of rotatable bonds is 4. The molecule has 0 radical (unpaired) electrons. The molecule has 0 bridgehead atoms. The zero-order chi connectivity index (χ0) is 13.0. The third-order valence-corrected chi connectivity index (χ3v) is 12.4. The molecule has 2 aromatic rings. The van der Waals surface area contributed by atoms with E-state index < -0.39 is 15.8 Å². The molecule has 0 saturated carbocycles. The van der Waals surface area contributed by atoms with Gasteiger partial charge in [0.1, 0.15) is 0 Å². The molecule has 2 nitrogen and oxygen atoms in total. The van der Waals surface area contributed by atoms with Gasteiger partial charge in [0, 0.05) is 0 Å². The van der Waals surface area contributed by atoms with Gasteiger partial charge in [-0.05, 0) is 0 Å². The predicted octanol–water partition coefficient (Wildman–Crippen LogP) is 4.60. The Morgan fingerprint density at radius 1 is 0.722 bits per heavy atom. The van der Waals surface area contributed by atoms with Crippen molar-refractivity contribution in [1.29, 1.82) is 0 Å². The summed E-state index contributed by atoms with van der Waals surface area (Å²) in [5, 5.41) is 0. The van der Waals surface area contributed by atoms with E-state index >= 15 is 0 Å². The number of methoxy groups -OCH3 is 2. The van der Waals surface area contributed by atoms with Gasteiger partial charge in [-0.25, -0.2) is 0 Å². The SMILES string of the molecule is COc1ccc(I(I)c2ccc(OC)cc2)cc1. The predicted molar refractivity (Wildman–Crippen MR) is 91.4 cm³/mol. The van der Waals surface area contributed by atoms with Gasteiger partial charge in [0.05, 0.1) is 0 Å². The summed E-state index contributed by atoms with van der Waals surface area (Å²) in [6.45, 7) is 0. The van der Waals surface area contributed by atoms with Crippen LogP contribution < -0.4 is 9.47 Å². The van der Waals surface area contributed by atoms with Gasteiger partial charge in [0.25, 0.3) is 0 Å². The molecule has 0 aliphatic heterocycles. The summed E-state index contributed by atoms with van der Waals surface area (Å²) in [4.78, 5) is 0. The van der Waals surface area contributed by atoms with Gasteiger partial charge >= 0.3 is 125 Å². The van der Waals surface area contributed by atoms with Crippen molar-refractivity contribution in [2.24, 2.45) is 0 Å². The number of ether oxygens (including phenoxy) is 2. The fourth-order valence-corrected chi connectivity index (χ4v) is 7.84. The number of hydrogen-bond donors (Lipinski definition) is 0. The summed E-state index contributed by atoms with van der Waals surface area (Å²) < 4.78 is 13.2. The maximum atomic E-state index is 5.18. The van der Waals surface area contributed by atoms with E-state index in [1.54, 1.807) is 14.2 Å². The van der Waals surface area contributed by atoms with Crippen LogP contribution in [0.4, 0.5) is 0 Å². The Labute approximate surface area is 124 Å². The molecule has 2 rings (SSSR count). The monoisotopic (exact) mass is 468 g/mol. The van der Waals surface area contributed by atoms with E-state index in [1.807, 2.05) is 24.3 Å². The van der Waals surface area contributed by atoms with Crippen molar-refractivity contribution in [1.82, 2.24) is 0 Å². The van der Waals surface area contributed by atoms with Crippen LogP contribution in [-0.4, -0.2) is 14.2 Å². The molecule has 0 aliphatic rings.